The fraction of sp³-hybridized carbons (Fsp3) is 0.800. The molecule has 0 spiro atoms. The molecule has 2 N–H and O–H groups in total. The fourth-order valence-corrected chi connectivity index (χ4v) is 1.93. The Kier molecular flexibility index (Phi) is 4.48. The predicted molar refractivity (Wildman–Crippen MR) is 61.3 cm³/mol. The molecule has 0 heterocycles. The minimum absolute atomic E-state index is 0.0112. The number of nitriles is 2. The van der Waals surface area contributed by atoms with Crippen LogP contribution in [0, 0.1) is 22.7 Å². The third kappa shape index (κ3) is 3.64. The Hall–Kier alpha value is -0.883. The molecular formula is C10H19N3OSi. The van der Waals surface area contributed by atoms with Crippen molar-refractivity contribution < 1.29 is 4.43 Å². The van der Waals surface area contributed by atoms with Gasteiger partial charge in [0.1, 0.15) is 6.04 Å². The number of hydrogen-bond acceptors (Lipinski definition) is 4. The summed E-state index contributed by atoms with van der Waals surface area (Å²) in [5, 5.41) is 17.5. The summed E-state index contributed by atoms with van der Waals surface area (Å²) in [6, 6.07) is 2.92. The van der Waals surface area contributed by atoms with Crippen LogP contribution in [0.3, 0.4) is 0 Å². The minimum atomic E-state index is -2.02. The smallest absolute Gasteiger partial charge is 0.193 e. The summed E-state index contributed by atoms with van der Waals surface area (Å²) < 4.78 is 5.73. The van der Waals surface area contributed by atoms with Crippen molar-refractivity contribution >= 4 is 8.32 Å². The molecule has 0 saturated heterocycles. The van der Waals surface area contributed by atoms with E-state index in [1.807, 2.05) is 25.2 Å². The van der Waals surface area contributed by atoms with E-state index in [1.54, 1.807) is 0 Å². The van der Waals surface area contributed by atoms with Gasteiger partial charge in [-0.1, -0.05) is 20.8 Å². The van der Waals surface area contributed by atoms with Gasteiger partial charge < -0.3 is 10.2 Å². The average Bonchev–Trinajstić information content (AvgIpc) is 2.11. The summed E-state index contributed by atoms with van der Waals surface area (Å²) in [6.45, 7) is 10.3. The quantitative estimate of drug-likeness (QED) is 0.742. The van der Waals surface area contributed by atoms with Crippen molar-refractivity contribution in [2.45, 2.75) is 51.0 Å². The molecule has 0 rings (SSSR count). The van der Waals surface area contributed by atoms with Crippen LogP contribution in [0.15, 0.2) is 0 Å². The van der Waals surface area contributed by atoms with Crippen molar-refractivity contribution in [3.05, 3.63) is 0 Å². The van der Waals surface area contributed by atoms with Crippen molar-refractivity contribution in [3.8, 4) is 12.1 Å². The zero-order chi connectivity index (χ0) is 12.3. The van der Waals surface area contributed by atoms with E-state index in [4.69, 9.17) is 20.7 Å². The van der Waals surface area contributed by atoms with Crippen molar-refractivity contribution in [2.24, 2.45) is 5.73 Å². The molecule has 0 aliphatic rings. The van der Waals surface area contributed by atoms with Gasteiger partial charge >= 0.3 is 0 Å². The lowest BCUT2D eigenvalue weighted by Crippen LogP contribution is -2.48. The fourth-order valence-electron chi connectivity index (χ4n) is 0.742. The molecule has 0 fully saturated rings. The number of rotatable bonds is 3. The van der Waals surface area contributed by atoms with Crippen LogP contribution in [-0.2, 0) is 4.43 Å². The Labute approximate surface area is 92.8 Å². The van der Waals surface area contributed by atoms with Gasteiger partial charge in [0.05, 0.1) is 12.1 Å². The molecule has 0 aromatic carbocycles. The van der Waals surface area contributed by atoms with Crippen LogP contribution in [0.25, 0.3) is 0 Å². The highest BCUT2D eigenvalue weighted by Crippen LogP contribution is 2.37. The van der Waals surface area contributed by atoms with Gasteiger partial charge in [-0.2, -0.15) is 10.5 Å². The largest absolute Gasteiger partial charge is 0.399 e. The summed E-state index contributed by atoms with van der Waals surface area (Å²) in [5.74, 6) is 0. The van der Waals surface area contributed by atoms with Crippen LogP contribution in [-0.4, -0.2) is 20.5 Å². The molecule has 0 unspecified atom stereocenters. The van der Waals surface area contributed by atoms with Gasteiger partial charge in [-0.3, -0.25) is 0 Å². The minimum Gasteiger partial charge on any atom is -0.399 e. The predicted octanol–water partition coefficient (Wildman–Crippen LogP) is 1.75. The lowest BCUT2D eigenvalue weighted by atomic mass is 10.2. The summed E-state index contributed by atoms with van der Waals surface area (Å²) in [7, 11) is -2.02. The molecule has 5 heteroatoms. The Balaban J connectivity index is 4.73. The molecule has 84 valence electrons. The van der Waals surface area contributed by atoms with Crippen LogP contribution >= 0.6 is 0 Å². The molecule has 2 atom stereocenters. The van der Waals surface area contributed by atoms with Gasteiger partial charge in [-0.05, 0) is 18.1 Å². The van der Waals surface area contributed by atoms with Crippen molar-refractivity contribution in [2.75, 3.05) is 0 Å². The van der Waals surface area contributed by atoms with E-state index in [0.717, 1.165) is 0 Å². The van der Waals surface area contributed by atoms with Crippen LogP contribution in [0.4, 0.5) is 0 Å². The van der Waals surface area contributed by atoms with Gasteiger partial charge in [0.25, 0.3) is 0 Å². The lowest BCUT2D eigenvalue weighted by Gasteiger charge is -2.37. The monoisotopic (exact) mass is 225 g/mol. The molecule has 0 aromatic heterocycles. The third-order valence-corrected chi connectivity index (χ3v) is 7.29. The second kappa shape index (κ2) is 4.76. The van der Waals surface area contributed by atoms with Gasteiger partial charge in [0.2, 0.25) is 0 Å². The molecule has 0 bridgehead atoms. The maximum Gasteiger partial charge on any atom is 0.193 e. The van der Waals surface area contributed by atoms with Gasteiger partial charge in [-0.15, -0.1) is 0 Å². The maximum absolute atomic E-state index is 8.87. The normalized spacial score (nSPS) is 16.3. The van der Waals surface area contributed by atoms with E-state index in [2.05, 4.69) is 20.8 Å². The Morgan fingerprint density at radius 1 is 1.20 bits per heavy atom. The van der Waals surface area contributed by atoms with Gasteiger partial charge in [0, 0.05) is 0 Å². The molecular weight excluding hydrogens is 206 g/mol. The SMILES string of the molecule is CC(C)(C)[Si](C)(C)O[C@H](C#N)[C@@H](N)C#N. The topological polar surface area (TPSA) is 82.8 Å². The maximum atomic E-state index is 8.87. The Morgan fingerprint density at radius 2 is 1.67 bits per heavy atom. The van der Waals surface area contributed by atoms with E-state index >= 15 is 0 Å². The van der Waals surface area contributed by atoms with Crippen LogP contribution in [0.1, 0.15) is 20.8 Å². The summed E-state index contributed by atoms with van der Waals surface area (Å²) in [6.07, 6.45) is -0.823. The van der Waals surface area contributed by atoms with Crippen molar-refractivity contribution in [3.63, 3.8) is 0 Å². The zero-order valence-corrected chi connectivity index (χ0v) is 11.0. The first-order valence-corrected chi connectivity index (χ1v) is 7.79. The van der Waals surface area contributed by atoms with Gasteiger partial charge in [-0.25, -0.2) is 0 Å². The molecule has 0 aromatic rings. The second-order valence-corrected chi connectivity index (χ2v) is 9.84. The van der Waals surface area contributed by atoms with Crippen LogP contribution in [0.5, 0.6) is 0 Å². The third-order valence-electron chi connectivity index (χ3n) is 2.83. The van der Waals surface area contributed by atoms with Gasteiger partial charge in [0.15, 0.2) is 14.4 Å². The molecule has 0 amide bonds. The summed E-state index contributed by atoms with van der Waals surface area (Å²) >= 11 is 0. The molecule has 0 aliphatic carbocycles. The molecule has 0 radical (unpaired) electrons. The number of hydrogen-bond donors (Lipinski definition) is 1. The van der Waals surface area contributed by atoms with Crippen molar-refractivity contribution in [1.82, 2.24) is 0 Å². The van der Waals surface area contributed by atoms with Crippen molar-refractivity contribution in [1.29, 1.82) is 10.5 Å². The molecule has 0 aliphatic heterocycles. The van der Waals surface area contributed by atoms with E-state index in [-0.39, 0.29) is 5.04 Å². The standard InChI is InChI=1S/C10H19N3OSi/c1-10(2,3)15(4,5)14-9(7-12)8(13)6-11/h8-9H,13H2,1-5H3/t8-,9+/m0/s1. The van der Waals surface area contributed by atoms with Crippen LogP contribution < -0.4 is 5.73 Å². The number of nitrogens with two attached hydrogens (primary N) is 1. The summed E-state index contributed by atoms with van der Waals surface area (Å²) in [4.78, 5) is 0. The first-order valence-electron chi connectivity index (χ1n) is 4.88. The first kappa shape index (κ1) is 14.1. The second-order valence-electron chi connectivity index (χ2n) is 5.08. The van der Waals surface area contributed by atoms with E-state index in [0.29, 0.717) is 0 Å². The molecule has 15 heavy (non-hydrogen) atoms. The molecule has 4 nitrogen and oxygen atoms in total. The zero-order valence-electron chi connectivity index (χ0n) is 10.0. The Morgan fingerprint density at radius 3 is 1.93 bits per heavy atom. The number of nitrogens with zero attached hydrogens (tertiary/aromatic N) is 2. The van der Waals surface area contributed by atoms with Crippen LogP contribution in [0.2, 0.25) is 18.1 Å². The highest BCUT2D eigenvalue weighted by molar-refractivity contribution is 6.74. The first-order chi connectivity index (χ1) is 6.65. The van der Waals surface area contributed by atoms with E-state index < -0.39 is 20.5 Å². The Bertz CT molecular complexity index is 295. The highest BCUT2D eigenvalue weighted by Gasteiger charge is 2.40. The summed E-state index contributed by atoms with van der Waals surface area (Å²) in [5.41, 5.74) is 5.49. The van der Waals surface area contributed by atoms with E-state index in [9.17, 15) is 0 Å². The lowest BCUT2D eigenvalue weighted by molar-refractivity contribution is 0.219. The highest BCUT2D eigenvalue weighted by atomic mass is 28.4. The average molecular weight is 225 g/mol. The molecule has 0 saturated carbocycles. The van der Waals surface area contributed by atoms with E-state index in [1.165, 1.54) is 0 Å².